The monoisotopic (exact) mass is 178 g/mol. The molecule has 0 aromatic carbocycles. The molecular formula is C12H18O. The summed E-state index contributed by atoms with van der Waals surface area (Å²) in [4.78, 5) is 0. The molecule has 72 valence electrons. The fourth-order valence-corrected chi connectivity index (χ4v) is 5.47. The van der Waals surface area contributed by atoms with Gasteiger partial charge in [0.2, 0.25) is 0 Å². The Bertz CT molecular complexity index is 244. The lowest BCUT2D eigenvalue weighted by Gasteiger charge is -2.52. The minimum absolute atomic E-state index is 0.0885. The fraction of sp³-hybridized carbons (Fsp3) is 1.00. The first-order valence-corrected chi connectivity index (χ1v) is 6.04. The van der Waals surface area contributed by atoms with Crippen molar-refractivity contribution in [3.63, 3.8) is 0 Å². The molecule has 4 fully saturated rings. The van der Waals surface area contributed by atoms with Crippen molar-refractivity contribution < 1.29 is 5.11 Å². The molecule has 0 spiro atoms. The van der Waals surface area contributed by atoms with Crippen LogP contribution in [-0.4, -0.2) is 11.2 Å². The zero-order valence-electron chi connectivity index (χ0n) is 8.02. The van der Waals surface area contributed by atoms with Gasteiger partial charge in [-0.25, -0.2) is 0 Å². The van der Waals surface area contributed by atoms with Crippen molar-refractivity contribution in [2.24, 2.45) is 35.5 Å². The largest absolute Gasteiger partial charge is 0.393 e. The highest BCUT2D eigenvalue weighted by molar-refractivity contribution is 5.13. The van der Waals surface area contributed by atoms with E-state index in [1.165, 1.54) is 25.7 Å². The van der Waals surface area contributed by atoms with Crippen LogP contribution >= 0.6 is 0 Å². The Morgan fingerprint density at radius 2 is 1.54 bits per heavy atom. The van der Waals surface area contributed by atoms with Crippen LogP contribution in [0.2, 0.25) is 0 Å². The SMILES string of the molecule is OC1CCC2C1C1C3CCC(C3)C21. The smallest absolute Gasteiger partial charge is 0.0574 e. The highest BCUT2D eigenvalue weighted by atomic mass is 16.3. The molecule has 2 bridgehead atoms. The van der Waals surface area contributed by atoms with E-state index in [9.17, 15) is 5.11 Å². The van der Waals surface area contributed by atoms with Crippen molar-refractivity contribution in [1.29, 1.82) is 0 Å². The van der Waals surface area contributed by atoms with Crippen LogP contribution in [0.15, 0.2) is 0 Å². The predicted molar refractivity (Wildman–Crippen MR) is 50.0 cm³/mol. The first kappa shape index (κ1) is 7.28. The van der Waals surface area contributed by atoms with Gasteiger partial charge in [0.1, 0.15) is 0 Å². The zero-order valence-corrected chi connectivity index (χ0v) is 8.02. The first-order chi connectivity index (χ1) is 6.36. The third-order valence-corrected chi connectivity index (χ3v) is 5.72. The molecule has 0 aromatic heterocycles. The molecule has 4 aliphatic carbocycles. The van der Waals surface area contributed by atoms with E-state index < -0.39 is 0 Å². The van der Waals surface area contributed by atoms with Gasteiger partial charge >= 0.3 is 0 Å². The molecule has 0 aliphatic heterocycles. The maximum atomic E-state index is 9.89. The van der Waals surface area contributed by atoms with Crippen molar-refractivity contribution in [3.8, 4) is 0 Å². The molecule has 1 nitrogen and oxygen atoms in total. The molecule has 4 rings (SSSR count). The van der Waals surface area contributed by atoms with Crippen molar-refractivity contribution >= 4 is 0 Å². The highest BCUT2D eigenvalue weighted by Gasteiger charge is 2.65. The normalized spacial score (nSPS) is 67.6. The van der Waals surface area contributed by atoms with E-state index in [0.29, 0.717) is 0 Å². The van der Waals surface area contributed by atoms with Crippen molar-refractivity contribution in [1.82, 2.24) is 0 Å². The summed E-state index contributed by atoms with van der Waals surface area (Å²) in [6.07, 6.45) is 7.07. The summed E-state index contributed by atoms with van der Waals surface area (Å²) in [6, 6.07) is 0. The molecule has 13 heavy (non-hydrogen) atoms. The van der Waals surface area contributed by atoms with Gasteiger partial charge in [-0.2, -0.15) is 0 Å². The second-order valence-corrected chi connectivity index (χ2v) is 5.87. The van der Waals surface area contributed by atoms with Crippen LogP contribution in [0.5, 0.6) is 0 Å². The minimum atomic E-state index is 0.0885. The van der Waals surface area contributed by atoms with Gasteiger partial charge in [-0.3, -0.25) is 0 Å². The third-order valence-electron chi connectivity index (χ3n) is 5.72. The average molecular weight is 178 g/mol. The van der Waals surface area contributed by atoms with Crippen LogP contribution in [0.25, 0.3) is 0 Å². The quantitative estimate of drug-likeness (QED) is 0.602. The lowest BCUT2D eigenvalue weighted by atomic mass is 9.53. The van der Waals surface area contributed by atoms with Gasteiger partial charge in [0.05, 0.1) is 6.10 Å². The van der Waals surface area contributed by atoms with Crippen LogP contribution in [0.1, 0.15) is 32.1 Å². The van der Waals surface area contributed by atoms with Crippen LogP contribution in [-0.2, 0) is 0 Å². The predicted octanol–water partition coefficient (Wildman–Crippen LogP) is 2.05. The molecule has 0 radical (unpaired) electrons. The topological polar surface area (TPSA) is 20.2 Å². The van der Waals surface area contributed by atoms with Crippen molar-refractivity contribution in [3.05, 3.63) is 0 Å². The second kappa shape index (κ2) is 2.13. The molecular weight excluding hydrogens is 160 g/mol. The van der Waals surface area contributed by atoms with Gasteiger partial charge in [0, 0.05) is 0 Å². The van der Waals surface area contributed by atoms with Gasteiger partial charge in [0.25, 0.3) is 0 Å². The number of hydrogen-bond donors (Lipinski definition) is 1. The third kappa shape index (κ3) is 0.674. The second-order valence-electron chi connectivity index (χ2n) is 5.87. The Morgan fingerprint density at radius 3 is 2.38 bits per heavy atom. The molecule has 0 saturated heterocycles. The fourth-order valence-electron chi connectivity index (χ4n) is 5.47. The Morgan fingerprint density at radius 1 is 0.769 bits per heavy atom. The molecule has 4 aliphatic rings. The van der Waals surface area contributed by atoms with E-state index in [2.05, 4.69) is 0 Å². The highest BCUT2D eigenvalue weighted by Crippen LogP contribution is 2.70. The summed E-state index contributed by atoms with van der Waals surface area (Å²) < 4.78 is 0. The molecule has 0 amide bonds. The van der Waals surface area contributed by atoms with E-state index in [-0.39, 0.29) is 6.10 Å². The molecule has 1 heteroatoms. The number of aliphatic hydroxyl groups excluding tert-OH is 1. The molecule has 0 heterocycles. The first-order valence-electron chi connectivity index (χ1n) is 6.04. The van der Waals surface area contributed by atoms with Gasteiger partial charge in [-0.05, 0) is 67.6 Å². The number of rotatable bonds is 0. The lowest BCUT2D eigenvalue weighted by molar-refractivity contribution is -0.0837. The molecule has 0 aromatic rings. The van der Waals surface area contributed by atoms with Crippen molar-refractivity contribution in [2.75, 3.05) is 0 Å². The van der Waals surface area contributed by atoms with Crippen LogP contribution in [0.3, 0.4) is 0 Å². The lowest BCUT2D eigenvalue weighted by Crippen LogP contribution is -2.50. The van der Waals surface area contributed by atoms with Crippen LogP contribution in [0, 0.1) is 35.5 Å². The van der Waals surface area contributed by atoms with E-state index in [1.807, 2.05) is 0 Å². The van der Waals surface area contributed by atoms with Gasteiger partial charge in [0.15, 0.2) is 0 Å². The zero-order chi connectivity index (χ0) is 8.58. The Kier molecular flexibility index (Phi) is 1.19. The van der Waals surface area contributed by atoms with Crippen LogP contribution in [0.4, 0.5) is 0 Å². The molecule has 7 atom stereocenters. The van der Waals surface area contributed by atoms with E-state index in [1.54, 1.807) is 0 Å². The van der Waals surface area contributed by atoms with Crippen molar-refractivity contribution in [2.45, 2.75) is 38.2 Å². The maximum absolute atomic E-state index is 9.89. The maximum Gasteiger partial charge on any atom is 0.0574 e. The summed E-state index contributed by atoms with van der Waals surface area (Å²) in [6.45, 7) is 0. The number of aliphatic hydroxyl groups is 1. The summed E-state index contributed by atoms with van der Waals surface area (Å²) in [5, 5.41) is 9.89. The Balaban J connectivity index is 1.69. The summed E-state index contributed by atoms with van der Waals surface area (Å²) in [5.74, 6) is 5.86. The van der Waals surface area contributed by atoms with Gasteiger partial charge in [-0.1, -0.05) is 0 Å². The van der Waals surface area contributed by atoms with E-state index in [0.717, 1.165) is 41.9 Å². The summed E-state index contributed by atoms with van der Waals surface area (Å²) in [5.41, 5.74) is 0. The summed E-state index contributed by atoms with van der Waals surface area (Å²) in [7, 11) is 0. The standard InChI is InChI=1S/C12H18O/c13-9-4-3-8-10-6-1-2-7(5-6)11(10)12(8)9/h6-13H,1-5H2. The van der Waals surface area contributed by atoms with Gasteiger partial charge < -0.3 is 5.11 Å². The Labute approximate surface area is 79.5 Å². The van der Waals surface area contributed by atoms with Gasteiger partial charge in [-0.15, -0.1) is 0 Å². The van der Waals surface area contributed by atoms with E-state index >= 15 is 0 Å². The number of hydrogen-bond acceptors (Lipinski definition) is 1. The molecule has 7 unspecified atom stereocenters. The Hall–Kier alpha value is -0.0400. The number of fused-ring (bicyclic) bond motifs is 8. The van der Waals surface area contributed by atoms with Crippen LogP contribution < -0.4 is 0 Å². The molecule has 4 saturated carbocycles. The minimum Gasteiger partial charge on any atom is -0.393 e. The summed E-state index contributed by atoms with van der Waals surface area (Å²) >= 11 is 0. The van der Waals surface area contributed by atoms with E-state index in [4.69, 9.17) is 0 Å². The molecule has 1 N–H and O–H groups in total. The average Bonchev–Trinajstić information content (AvgIpc) is 2.66.